The number of ether oxygens (including phenoxy) is 1. The Morgan fingerprint density at radius 3 is 2.17 bits per heavy atom. The van der Waals surface area contributed by atoms with Gasteiger partial charge in [0.2, 0.25) is 0 Å². The number of carbonyl (C=O) groups is 1. The first-order valence-corrected chi connectivity index (χ1v) is 4.06. The number of carbonyl (C=O) groups excluding carboxylic acids is 1. The number of aliphatic imine (C=N–C) groups is 1. The van der Waals surface area contributed by atoms with E-state index in [1.54, 1.807) is 6.92 Å². The van der Waals surface area contributed by atoms with Crippen molar-refractivity contribution in [3.63, 3.8) is 0 Å². The molecule has 0 saturated heterocycles. The van der Waals surface area contributed by atoms with Gasteiger partial charge in [-0.2, -0.15) is 0 Å². The summed E-state index contributed by atoms with van der Waals surface area (Å²) in [5.41, 5.74) is -0.904. The van der Waals surface area contributed by atoms with Gasteiger partial charge >= 0.3 is 5.97 Å². The zero-order chi connectivity index (χ0) is 9.57. The largest absolute Gasteiger partial charge is 0.412 e. The van der Waals surface area contributed by atoms with Gasteiger partial charge in [-0.05, 0) is 27.7 Å². The van der Waals surface area contributed by atoms with E-state index in [-0.39, 0.29) is 11.5 Å². The number of rotatable bonds is 0. The highest BCUT2D eigenvalue weighted by atomic mass is 16.5. The Bertz CT molecular complexity index is 251. The molecule has 0 unspecified atom stereocenters. The summed E-state index contributed by atoms with van der Waals surface area (Å²) in [5.74, 6) is 0.268. The van der Waals surface area contributed by atoms with Crippen LogP contribution in [0.5, 0.6) is 0 Å². The fourth-order valence-corrected chi connectivity index (χ4v) is 1.07. The van der Waals surface area contributed by atoms with E-state index in [9.17, 15) is 4.79 Å². The minimum absolute atomic E-state index is 0.194. The Hall–Kier alpha value is -0.860. The van der Waals surface area contributed by atoms with Crippen LogP contribution >= 0.6 is 0 Å². The summed E-state index contributed by atoms with van der Waals surface area (Å²) in [4.78, 5) is 15.7. The smallest absolute Gasteiger partial charge is 0.320 e. The zero-order valence-electron chi connectivity index (χ0n) is 8.26. The maximum Gasteiger partial charge on any atom is 0.320 e. The van der Waals surface area contributed by atoms with Crippen LogP contribution in [-0.4, -0.2) is 17.4 Å². The maximum absolute atomic E-state index is 11.4. The van der Waals surface area contributed by atoms with Gasteiger partial charge in [0.25, 0.3) is 0 Å². The first-order chi connectivity index (χ1) is 5.27. The van der Waals surface area contributed by atoms with Gasteiger partial charge in [0.05, 0.1) is 11.0 Å². The summed E-state index contributed by atoms with van der Waals surface area (Å²) in [6.45, 7) is 9.29. The molecule has 3 nitrogen and oxygen atoms in total. The summed E-state index contributed by atoms with van der Waals surface area (Å²) >= 11 is 0. The fourth-order valence-electron chi connectivity index (χ4n) is 1.07. The second kappa shape index (κ2) is 2.31. The topological polar surface area (TPSA) is 38.7 Å². The highest BCUT2D eigenvalue weighted by molar-refractivity contribution is 5.93. The molecule has 1 aliphatic heterocycles. The molecule has 0 aromatic rings. The number of cyclic esters (lactones) is 1. The molecule has 3 heteroatoms. The number of esters is 1. The summed E-state index contributed by atoms with van der Waals surface area (Å²) in [7, 11) is 0. The minimum Gasteiger partial charge on any atom is -0.412 e. The maximum atomic E-state index is 11.4. The lowest BCUT2D eigenvalue weighted by Gasteiger charge is -2.39. The van der Waals surface area contributed by atoms with Crippen LogP contribution in [0.3, 0.4) is 0 Å². The zero-order valence-corrected chi connectivity index (χ0v) is 8.26. The van der Waals surface area contributed by atoms with Gasteiger partial charge < -0.3 is 4.74 Å². The van der Waals surface area contributed by atoms with E-state index >= 15 is 0 Å². The van der Waals surface area contributed by atoms with Crippen LogP contribution in [0.2, 0.25) is 0 Å². The molecule has 68 valence electrons. The van der Waals surface area contributed by atoms with Gasteiger partial charge in [-0.3, -0.25) is 4.79 Å². The Balaban J connectivity index is 3.15. The molecule has 0 aliphatic carbocycles. The van der Waals surface area contributed by atoms with Gasteiger partial charge in [0.15, 0.2) is 5.90 Å². The Labute approximate surface area is 72.8 Å². The van der Waals surface area contributed by atoms with Crippen molar-refractivity contribution in [3.05, 3.63) is 0 Å². The first-order valence-electron chi connectivity index (χ1n) is 4.06. The molecule has 0 fully saturated rings. The van der Waals surface area contributed by atoms with Crippen LogP contribution in [0.25, 0.3) is 0 Å². The molecular weight excluding hydrogens is 154 g/mol. The third-order valence-electron chi connectivity index (χ3n) is 2.72. The number of hydrogen-bond donors (Lipinski definition) is 0. The normalized spacial score (nSPS) is 26.1. The second-order valence-corrected chi connectivity index (χ2v) is 4.20. The van der Waals surface area contributed by atoms with Gasteiger partial charge in [-0.15, -0.1) is 0 Å². The van der Waals surface area contributed by atoms with Crippen LogP contribution in [0.1, 0.15) is 34.6 Å². The molecule has 0 amide bonds. The second-order valence-electron chi connectivity index (χ2n) is 4.20. The lowest BCUT2D eigenvalue weighted by atomic mass is 9.74. The van der Waals surface area contributed by atoms with Crippen LogP contribution in [0.4, 0.5) is 0 Å². The average Bonchev–Trinajstić information content (AvgIpc) is 1.82. The number of hydrogen-bond acceptors (Lipinski definition) is 3. The Morgan fingerprint density at radius 2 is 1.75 bits per heavy atom. The fraction of sp³-hybridized carbons (Fsp3) is 0.778. The average molecular weight is 169 g/mol. The van der Waals surface area contributed by atoms with Crippen LogP contribution in [0.15, 0.2) is 4.99 Å². The van der Waals surface area contributed by atoms with E-state index in [2.05, 4.69) is 4.99 Å². The van der Waals surface area contributed by atoms with E-state index < -0.39 is 5.41 Å². The first kappa shape index (κ1) is 9.23. The van der Waals surface area contributed by atoms with Crippen LogP contribution in [0, 0.1) is 5.41 Å². The number of nitrogens with zero attached hydrogens (tertiary/aromatic N) is 1. The Morgan fingerprint density at radius 1 is 1.25 bits per heavy atom. The van der Waals surface area contributed by atoms with Crippen molar-refractivity contribution in [2.75, 3.05) is 0 Å². The molecule has 0 radical (unpaired) electrons. The van der Waals surface area contributed by atoms with Gasteiger partial charge in [0, 0.05) is 6.92 Å². The molecule has 0 spiro atoms. The summed E-state index contributed by atoms with van der Waals surface area (Å²) in [5, 5.41) is 0. The van der Waals surface area contributed by atoms with Crippen LogP contribution in [-0.2, 0) is 9.53 Å². The van der Waals surface area contributed by atoms with Crippen molar-refractivity contribution in [2.24, 2.45) is 10.4 Å². The van der Waals surface area contributed by atoms with Gasteiger partial charge in [0.1, 0.15) is 0 Å². The molecule has 0 atom stereocenters. The predicted molar refractivity (Wildman–Crippen MR) is 47.1 cm³/mol. The standard InChI is InChI=1S/C9H15NO2/c1-6-10-9(4,5)8(2,3)7(11)12-6/h1-5H3. The van der Waals surface area contributed by atoms with E-state index in [0.717, 1.165) is 0 Å². The molecule has 0 aromatic heterocycles. The van der Waals surface area contributed by atoms with Crippen molar-refractivity contribution < 1.29 is 9.53 Å². The molecule has 12 heavy (non-hydrogen) atoms. The summed E-state index contributed by atoms with van der Waals surface area (Å²) < 4.78 is 4.95. The highest BCUT2D eigenvalue weighted by Crippen LogP contribution is 2.37. The molecule has 1 rings (SSSR count). The summed E-state index contributed by atoms with van der Waals surface area (Å²) in [6, 6.07) is 0. The van der Waals surface area contributed by atoms with E-state index in [1.165, 1.54) is 0 Å². The van der Waals surface area contributed by atoms with E-state index in [1.807, 2.05) is 27.7 Å². The van der Waals surface area contributed by atoms with Gasteiger partial charge in [-0.1, -0.05) is 0 Å². The molecule has 1 heterocycles. The molecule has 0 bridgehead atoms. The SMILES string of the molecule is CC1=NC(C)(C)C(C)(C)C(=O)O1. The van der Waals surface area contributed by atoms with E-state index in [0.29, 0.717) is 5.90 Å². The molecule has 0 saturated carbocycles. The van der Waals surface area contributed by atoms with Crippen molar-refractivity contribution in [1.29, 1.82) is 0 Å². The van der Waals surface area contributed by atoms with Crippen LogP contribution < -0.4 is 0 Å². The van der Waals surface area contributed by atoms with E-state index in [4.69, 9.17) is 4.74 Å². The third kappa shape index (κ3) is 1.13. The highest BCUT2D eigenvalue weighted by Gasteiger charge is 2.47. The minimum atomic E-state index is -0.535. The van der Waals surface area contributed by atoms with Crippen molar-refractivity contribution in [1.82, 2.24) is 0 Å². The summed E-state index contributed by atoms with van der Waals surface area (Å²) in [6.07, 6.45) is 0. The predicted octanol–water partition coefficient (Wildman–Crippen LogP) is 1.77. The van der Waals surface area contributed by atoms with Crippen molar-refractivity contribution in [3.8, 4) is 0 Å². The molecule has 1 aliphatic rings. The molecule has 0 aromatic carbocycles. The van der Waals surface area contributed by atoms with Gasteiger partial charge in [-0.25, -0.2) is 4.99 Å². The lowest BCUT2D eigenvalue weighted by Crippen LogP contribution is -2.49. The molecular formula is C9H15NO2. The van der Waals surface area contributed by atoms with Crippen molar-refractivity contribution >= 4 is 11.9 Å². The Kier molecular flexibility index (Phi) is 1.78. The van der Waals surface area contributed by atoms with Crippen molar-refractivity contribution in [2.45, 2.75) is 40.2 Å². The third-order valence-corrected chi connectivity index (χ3v) is 2.72. The monoisotopic (exact) mass is 169 g/mol. The quantitative estimate of drug-likeness (QED) is 0.518. The molecule has 0 N–H and O–H groups in total. The lowest BCUT2D eigenvalue weighted by molar-refractivity contribution is -0.150.